The van der Waals surface area contributed by atoms with Gasteiger partial charge in [-0.15, -0.1) is 0 Å². The third-order valence-electron chi connectivity index (χ3n) is 3.23. The van der Waals surface area contributed by atoms with Crippen molar-refractivity contribution in [2.45, 2.75) is 4.90 Å². The number of rotatable bonds is 2. The van der Waals surface area contributed by atoms with E-state index in [1.54, 1.807) is 24.3 Å². The van der Waals surface area contributed by atoms with Crippen LogP contribution in [-0.4, -0.2) is 11.0 Å². The number of halogens is 2. The van der Waals surface area contributed by atoms with Crippen LogP contribution in [0.15, 0.2) is 45.9 Å². The van der Waals surface area contributed by atoms with Gasteiger partial charge in [0, 0.05) is 5.56 Å². The van der Waals surface area contributed by atoms with E-state index in [4.69, 9.17) is 38.9 Å². The number of primary amides is 1. The van der Waals surface area contributed by atoms with Crippen LogP contribution >= 0.6 is 35.0 Å². The highest BCUT2D eigenvalue weighted by molar-refractivity contribution is 8.03. The number of thioether (sulfide) groups is 1. The van der Waals surface area contributed by atoms with E-state index in [1.807, 2.05) is 0 Å². The maximum absolute atomic E-state index is 11.3. The Labute approximate surface area is 151 Å². The predicted octanol–water partition coefficient (Wildman–Crippen LogP) is 4.07. The number of nitriles is 1. The Hall–Kier alpha value is -2.33. The van der Waals surface area contributed by atoms with Gasteiger partial charge in [0.25, 0.3) is 5.91 Å². The second kappa shape index (κ2) is 6.29. The van der Waals surface area contributed by atoms with E-state index in [9.17, 15) is 9.90 Å². The Morgan fingerprint density at radius 3 is 2.62 bits per heavy atom. The van der Waals surface area contributed by atoms with Gasteiger partial charge in [-0.25, -0.2) is 0 Å². The molecule has 0 radical (unpaired) electrons. The molecule has 2 aromatic carbocycles. The van der Waals surface area contributed by atoms with Crippen LogP contribution in [0.4, 0.5) is 0 Å². The van der Waals surface area contributed by atoms with Crippen LogP contribution in [-0.2, 0) is 4.79 Å². The van der Waals surface area contributed by atoms with E-state index in [2.05, 4.69) is 0 Å². The molecular formula is C16H8Cl2N2O3S. The van der Waals surface area contributed by atoms with Gasteiger partial charge >= 0.3 is 0 Å². The summed E-state index contributed by atoms with van der Waals surface area (Å²) in [6.45, 7) is 0. The molecule has 5 nitrogen and oxygen atoms in total. The molecule has 0 bridgehead atoms. The van der Waals surface area contributed by atoms with Crippen molar-refractivity contribution in [3.05, 3.63) is 51.0 Å². The fourth-order valence-corrected chi connectivity index (χ4v) is 3.46. The number of benzene rings is 2. The molecule has 1 aliphatic rings. The number of hydrogen-bond donors (Lipinski definition) is 2. The summed E-state index contributed by atoms with van der Waals surface area (Å²) >= 11 is 13.0. The van der Waals surface area contributed by atoms with E-state index in [0.717, 1.165) is 11.8 Å². The minimum absolute atomic E-state index is 0.00440. The average Bonchev–Trinajstić information content (AvgIpc) is 2.92. The van der Waals surface area contributed by atoms with Crippen LogP contribution in [0.2, 0.25) is 10.0 Å². The molecule has 1 amide bonds. The quantitative estimate of drug-likeness (QED) is 0.606. The third kappa shape index (κ3) is 2.89. The lowest BCUT2D eigenvalue weighted by molar-refractivity contribution is -0.114. The molecule has 1 heterocycles. The number of aromatic hydroxyl groups is 1. The molecule has 24 heavy (non-hydrogen) atoms. The van der Waals surface area contributed by atoms with Gasteiger partial charge < -0.3 is 15.6 Å². The van der Waals surface area contributed by atoms with Crippen LogP contribution in [0.3, 0.4) is 0 Å². The van der Waals surface area contributed by atoms with Crippen molar-refractivity contribution in [3.8, 4) is 28.7 Å². The predicted molar refractivity (Wildman–Crippen MR) is 91.9 cm³/mol. The largest absolute Gasteiger partial charge is 0.508 e. The van der Waals surface area contributed by atoms with E-state index >= 15 is 0 Å². The Kier molecular flexibility index (Phi) is 4.33. The van der Waals surface area contributed by atoms with Crippen molar-refractivity contribution < 1.29 is 14.6 Å². The molecule has 8 heteroatoms. The third-order valence-corrected chi connectivity index (χ3v) is 4.97. The lowest BCUT2D eigenvalue weighted by Crippen LogP contribution is -2.15. The van der Waals surface area contributed by atoms with Crippen molar-refractivity contribution in [2.75, 3.05) is 0 Å². The van der Waals surface area contributed by atoms with Gasteiger partial charge in [-0.05, 0) is 41.6 Å². The summed E-state index contributed by atoms with van der Waals surface area (Å²) in [5.74, 6) is -0.474. The summed E-state index contributed by atoms with van der Waals surface area (Å²) in [6, 6.07) is 9.68. The summed E-state index contributed by atoms with van der Waals surface area (Å²) in [6.07, 6.45) is 0. The second-order valence-electron chi connectivity index (χ2n) is 4.79. The van der Waals surface area contributed by atoms with E-state index in [-0.39, 0.29) is 16.4 Å². The van der Waals surface area contributed by atoms with Crippen molar-refractivity contribution in [1.82, 2.24) is 0 Å². The highest BCUT2D eigenvalue weighted by atomic mass is 35.5. The second-order valence-corrected chi connectivity index (χ2v) is 6.62. The molecule has 2 aromatic rings. The Bertz CT molecular complexity index is 951. The van der Waals surface area contributed by atoms with E-state index < -0.39 is 5.91 Å². The van der Waals surface area contributed by atoms with Gasteiger partial charge in [0.05, 0.1) is 14.9 Å². The zero-order chi connectivity index (χ0) is 17.4. The number of hydrogen-bond acceptors (Lipinski definition) is 5. The number of nitrogens with zero attached hydrogens (tertiary/aromatic N) is 1. The van der Waals surface area contributed by atoms with Crippen molar-refractivity contribution in [2.24, 2.45) is 5.73 Å². The molecule has 0 fully saturated rings. The van der Waals surface area contributed by atoms with Gasteiger partial charge in [-0.2, -0.15) is 5.26 Å². The molecule has 0 aliphatic carbocycles. The minimum Gasteiger partial charge on any atom is -0.508 e. The maximum Gasteiger partial charge on any atom is 0.263 e. The smallest absolute Gasteiger partial charge is 0.263 e. The van der Waals surface area contributed by atoms with E-state index in [1.165, 1.54) is 12.1 Å². The topological polar surface area (TPSA) is 96.3 Å². The minimum atomic E-state index is -0.881. The summed E-state index contributed by atoms with van der Waals surface area (Å²) < 4.78 is 5.66. The molecule has 120 valence electrons. The zero-order valence-electron chi connectivity index (χ0n) is 11.8. The van der Waals surface area contributed by atoms with Crippen molar-refractivity contribution >= 4 is 40.9 Å². The average molecular weight is 379 g/mol. The lowest BCUT2D eigenvalue weighted by Gasteiger charge is -2.09. The Morgan fingerprint density at radius 2 is 2.00 bits per heavy atom. The number of phenolic OH excluding ortho intramolecular Hbond substituents is 1. The highest BCUT2D eigenvalue weighted by Gasteiger charge is 2.28. The molecule has 3 N–H and O–H groups in total. The summed E-state index contributed by atoms with van der Waals surface area (Å²) in [7, 11) is 0. The van der Waals surface area contributed by atoms with E-state index in [0.29, 0.717) is 31.8 Å². The number of nitrogens with two attached hydrogens (primary N) is 1. The molecule has 0 saturated heterocycles. The fourth-order valence-electron chi connectivity index (χ4n) is 2.16. The first-order chi connectivity index (χ1) is 11.4. The van der Waals surface area contributed by atoms with Gasteiger partial charge in [0.15, 0.2) is 10.7 Å². The van der Waals surface area contributed by atoms with Crippen molar-refractivity contribution in [1.29, 1.82) is 5.26 Å². The normalized spacial score (nSPS) is 14.5. The van der Waals surface area contributed by atoms with Crippen LogP contribution in [0, 0.1) is 11.3 Å². The first-order valence-corrected chi connectivity index (χ1v) is 8.10. The SMILES string of the molecule is N#CC(C(N)=O)=C1Oc2c(cc(O)cc2-c2ccc(Cl)c(Cl)c2)S1. The van der Waals surface area contributed by atoms with Crippen molar-refractivity contribution in [3.63, 3.8) is 0 Å². The molecule has 0 aromatic heterocycles. The number of phenols is 1. The molecule has 1 aliphatic heterocycles. The maximum atomic E-state index is 11.3. The highest BCUT2D eigenvalue weighted by Crippen LogP contribution is 2.51. The standard InChI is InChI=1S/C16H8Cl2N2O3S/c17-11-2-1-7(3-12(11)18)9-4-8(21)5-13-14(9)23-16(24-13)10(6-19)15(20)22/h1-5,21H,(H2,20,22). The fraction of sp³-hybridized carbons (Fsp3) is 0. The summed E-state index contributed by atoms with van der Waals surface area (Å²) in [5.41, 5.74) is 6.11. The number of ether oxygens (including phenoxy) is 1. The van der Waals surface area contributed by atoms with Crippen LogP contribution in [0.5, 0.6) is 11.5 Å². The molecule has 0 unspecified atom stereocenters. The zero-order valence-corrected chi connectivity index (χ0v) is 14.2. The molecule has 0 saturated carbocycles. The van der Waals surface area contributed by atoms with Gasteiger partial charge in [0.2, 0.25) is 0 Å². The monoisotopic (exact) mass is 378 g/mol. The summed E-state index contributed by atoms with van der Waals surface area (Å²) in [5, 5.41) is 19.8. The van der Waals surface area contributed by atoms with Gasteiger partial charge in [0.1, 0.15) is 17.6 Å². The lowest BCUT2D eigenvalue weighted by atomic mass is 10.0. The number of carbonyl (C=O) groups is 1. The van der Waals surface area contributed by atoms with Gasteiger partial charge in [-0.1, -0.05) is 29.3 Å². The van der Waals surface area contributed by atoms with Crippen LogP contribution in [0.1, 0.15) is 0 Å². The Morgan fingerprint density at radius 1 is 1.25 bits per heavy atom. The first kappa shape index (κ1) is 16.5. The van der Waals surface area contributed by atoms with Crippen LogP contribution < -0.4 is 10.5 Å². The molecule has 0 spiro atoms. The van der Waals surface area contributed by atoms with Crippen LogP contribution in [0.25, 0.3) is 11.1 Å². The summed E-state index contributed by atoms with van der Waals surface area (Å²) in [4.78, 5) is 11.9. The Balaban J connectivity index is 2.16. The van der Waals surface area contributed by atoms with Gasteiger partial charge in [-0.3, -0.25) is 4.79 Å². The molecule has 0 atom stereocenters. The number of fused-ring (bicyclic) bond motifs is 1. The molecule has 3 rings (SSSR count). The number of carbonyl (C=O) groups excluding carboxylic acids is 1. The number of amides is 1. The molecular weight excluding hydrogens is 371 g/mol. The first-order valence-electron chi connectivity index (χ1n) is 6.53.